The molecule has 0 aliphatic carbocycles. The van der Waals surface area contributed by atoms with Gasteiger partial charge in [-0.15, -0.1) is 23.2 Å². The molecule has 0 heterocycles. The van der Waals surface area contributed by atoms with Crippen molar-refractivity contribution in [3.8, 4) is 0 Å². The van der Waals surface area contributed by atoms with Gasteiger partial charge in [0.1, 0.15) is 0 Å². The lowest BCUT2D eigenvalue weighted by Crippen LogP contribution is -2.01. The van der Waals surface area contributed by atoms with Crippen molar-refractivity contribution in [1.29, 1.82) is 0 Å². The predicted molar refractivity (Wildman–Crippen MR) is 49.1 cm³/mol. The highest BCUT2D eigenvalue weighted by molar-refractivity contribution is 6.21. The van der Waals surface area contributed by atoms with Gasteiger partial charge < -0.3 is 0 Å². The van der Waals surface area contributed by atoms with E-state index in [0.717, 1.165) is 19.3 Å². The zero-order chi connectivity index (χ0) is 7.98. The van der Waals surface area contributed by atoms with Crippen molar-refractivity contribution in [1.82, 2.24) is 0 Å². The smallest absolute Gasteiger partial charge is 0.0336 e. The Balaban J connectivity index is 3.12. The molecule has 2 atom stereocenters. The van der Waals surface area contributed by atoms with Gasteiger partial charge in [-0.3, -0.25) is 0 Å². The Morgan fingerprint density at radius 1 is 1.10 bits per heavy atom. The van der Waals surface area contributed by atoms with E-state index in [4.69, 9.17) is 23.2 Å². The van der Waals surface area contributed by atoms with Gasteiger partial charge in [-0.2, -0.15) is 0 Å². The Morgan fingerprint density at radius 3 is 2.10 bits per heavy atom. The molecule has 0 bridgehead atoms. The minimum atomic E-state index is 0.276. The maximum atomic E-state index is 5.97. The number of halogens is 2. The molecule has 0 aliphatic heterocycles. The molecule has 0 aromatic heterocycles. The van der Waals surface area contributed by atoms with Crippen LogP contribution < -0.4 is 0 Å². The summed E-state index contributed by atoms with van der Waals surface area (Å²) >= 11 is 11.7. The van der Waals surface area contributed by atoms with Crippen LogP contribution >= 0.6 is 23.2 Å². The molecule has 62 valence electrons. The van der Waals surface area contributed by atoms with Gasteiger partial charge in [0, 0.05) is 10.8 Å². The highest BCUT2D eigenvalue weighted by Crippen LogP contribution is 2.15. The summed E-state index contributed by atoms with van der Waals surface area (Å²) in [6, 6.07) is 0. The van der Waals surface area contributed by atoms with Gasteiger partial charge in [-0.25, -0.2) is 0 Å². The Labute approximate surface area is 73.9 Å². The number of hydrogen-bond acceptors (Lipinski definition) is 0. The number of hydrogen-bond donors (Lipinski definition) is 0. The molecule has 0 nitrogen and oxygen atoms in total. The lowest BCUT2D eigenvalue weighted by molar-refractivity contribution is 0.636. The minimum absolute atomic E-state index is 0.276. The lowest BCUT2D eigenvalue weighted by atomic mass is 10.1. The fourth-order valence-electron chi connectivity index (χ4n) is 0.868. The van der Waals surface area contributed by atoms with Gasteiger partial charge in [-0.1, -0.05) is 13.3 Å². The summed E-state index contributed by atoms with van der Waals surface area (Å²) in [6.07, 6.45) is 4.38. The van der Waals surface area contributed by atoms with Gasteiger partial charge in [0.05, 0.1) is 0 Å². The SMILES string of the molecule is CCCC(Cl)CCC(C)Cl. The monoisotopic (exact) mass is 182 g/mol. The summed E-state index contributed by atoms with van der Waals surface area (Å²) < 4.78 is 0. The average molecular weight is 183 g/mol. The van der Waals surface area contributed by atoms with Crippen LogP contribution in [0.5, 0.6) is 0 Å². The molecule has 0 fully saturated rings. The van der Waals surface area contributed by atoms with Gasteiger partial charge in [0.2, 0.25) is 0 Å². The van der Waals surface area contributed by atoms with E-state index in [9.17, 15) is 0 Å². The lowest BCUT2D eigenvalue weighted by Gasteiger charge is -2.07. The van der Waals surface area contributed by atoms with Crippen molar-refractivity contribution in [3.05, 3.63) is 0 Å². The zero-order valence-corrected chi connectivity index (χ0v) is 8.25. The van der Waals surface area contributed by atoms with E-state index < -0.39 is 0 Å². The van der Waals surface area contributed by atoms with Crippen molar-refractivity contribution < 1.29 is 0 Å². The van der Waals surface area contributed by atoms with Gasteiger partial charge in [0.25, 0.3) is 0 Å². The second-order valence-corrected chi connectivity index (χ2v) is 4.11. The Hall–Kier alpha value is 0.580. The standard InChI is InChI=1S/C8H16Cl2/c1-3-4-8(10)6-5-7(2)9/h7-8H,3-6H2,1-2H3. The molecule has 0 N–H and O–H groups in total. The molecule has 0 aliphatic rings. The van der Waals surface area contributed by atoms with Gasteiger partial charge in [-0.05, 0) is 26.2 Å². The summed E-state index contributed by atoms with van der Waals surface area (Å²) in [6.45, 7) is 4.16. The highest BCUT2D eigenvalue weighted by Gasteiger charge is 2.04. The molecule has 10 heavy (non-hydrogen) atoms. The molecule has 0 amide bonds. The molecular formula is C8H16Cl2. The van der Waals surface area contributed by atoms with E-state index in [1.54, 1.807) is 0 Å². The van der Waals surface area contributed by atoms with Crippen molar-refractivity contribution in [2.75, 3.05) is 0 Å². The largest absolute Gasteiger partial charge is 0.123 e. The van der Waals surface area contributed by atoms with Crippen LogP contribution in [0.4, 0.5) is 0 Å². The summed E-state index contributed by atoms with van der Waals surface area (Å²) in [5.74, 6) is 0. The van der Waals surface area contributed by atoms with Crippen LogP contribution in [0.15, 0.2) is 0 Å². The molecule has 0 rings (SSSR count). The van der Waals surface area contributed by atoms with Crippen molar-refractivity contribution in [3.63, 3.8) is 0 Å². The molecule has 0 aromatic rings. The first-order valence-electron chi connectivity index (χ1n) is 3.95. The maximum Gasteiger partial charge on any atom is 0.0336 e. The quantitative estimate of drug-likeness (QED) is 0.568. The van der Waals surface area contributed by atoms with Gasteiger partial charge >= 0.3 is 0 Å². The van der Waals surface area contributed by atoms with Crippen LogP contribution in [-0.4, -0.2) is 10.8 Å². The van der Waals surface area contributed by atoms with E-state index in [1.807, 2.05) is 6.92 Å². The molecule has 2 unspecified atom stereocenters. The molecular weight excluding hydrogens is 167 g/mol. The van der Waals surface area contributed by atoms with Crippen LogP contribution in [0.1, 0.15) is 39.5 Å². The zero-order valence-electron chi connectivity index (χ0n) is 6.74. The third-order valence-corrected chi connectivity index (χ3v) is 2.13. The van der Waals surface area contributed by atoms with Crippen molar-refractivity contribution in [2.45, 2.75) is 50.3 Å². The van der Waals surface area contributed by atoms with Crippen LogP contribution in [0.25, 0.3) is 0 Å². The van der Waals surface area contributed by atoms with Crippen LogP contribution in [0.3, 0.4) is 0 Å². The van der Waals surface area contributed by atoms with Gasteiger partial charge in [0.15, 0.2) is 0 Å². The fourth-order valence-corrected chi connectivity index (χ4v) is 1.34. The molecule has 0 saturated carbocycles. The minimum Gasteiger partial charge on any atom is -0.123 e. The molecule has 0 saturated heterocycles. The summed E-state index contributed by atoms with van der Waals surface area (Å²) in [5.41, 5.74) is 0. The van der Waals surface area contributed by atoms with Crippen LogP contribution in [-0.2, 0) is 0 Å². The van der Waals surface area contributed by atoms with Crippen molar-refractivity contribution in [2.24, 2.45) is 0 Å². The van der Waals surface area contributed by atoms with E-state index >= 15 is 0 Å². The second-order valence-electron chi connectivity index (χ2n) is 2.74. The Bertz CT molecular complexity index is 71.7. The number of rotatable bonds is 5. The maximum absolute atomic E-state index is 5.97. The first-order chi connectivity index (χ1) is 4.66. The normalized spacial score (nSPS) is 16.8. The Morgan fingerprint density at radius 2 is 1.70 bits per heavy atom. The third-order valence-electron chi connectivity index (χ3n) is 1.48. The number of alkyl halides is 2. The predicted octanol–water partition coefficient (Wildman–Crippen LogP) is 3.80. The topological polar surface area (TPSA) is 0 Å². The Kier molecular flexibility index (Phi) is 6.67. The summed E-state index contributed by atoms with van der Waals surface area (Å²) in [5, 5.41) is 0.615. The van der Waals surface area contributed by atoms with Crippen LogP contribution in [0.2, 0.25) is 0 Å². The van der Waals surface area contributed by atoms with E-state index in [-0.39, 0.29) is 5.38 Å². The molecule has 0 radical (unpaired) electrons. The summed E-state index contributed by atoms with van der Waals surface area (Å²) in [4.78, 5) is 0. The average Bonchev–Trinajstić information content (AvgIpc) is 1.85. The van der Waals surface area contributed by atoms with Crippen LogP contribution in [0, 0.1) is 0 Å². The second kappa shape index (κ2) is 6.30. The van der Waals surface area contributed by atoms with E-state index in [2.05, 4.69) is 6.92 Å². The third kappa shape index (κ3) is 6.70. The highest BCUT2D eigenvalue weighted by atomic mass is 35.5. The summed E-state index contributed by atoms with van der Waals surface area (Å²) in [7, 11) is 0. The molecule has 0 aromatic carbocycles. The molecule has 0 spiro atoms. The first-order valence-corrected chi connectivity index (χ1v) is 4.82. The fraction of sp³-hybridized carbons (Fsp3) is 1.00. The van der Waals surface area contributed by atoms with E-state index in [1.165, 1.54) is 6.42 Å². The van der Waals surface area contributed by atoms with Crippen molar-refractivity contribution >= 4 is 23.2 Å². The molecule has 2 heteroatoms. The first kappa shape index (κ1) is 10.6. The van der Waals surface area contributed by atoms with E-state index in [0.29, 0.717) is 5.38 Å².